The SMILES string of the molecule is Brc1cc(CNc2cccnc2-n2cccn2)oc1Br. The Morgan fingerprint density at radius 1 is 1.25 bits per heavy atom. The molecule has 3 heterocycles. The van der Waals surface area contributed by atoms with Crippen molar-refractivity contribution in [1.82, 2.24) is 14.8 Å². The summed E-state index contributed by atoms with van der Waals surface area (Å²) in [6, 6.07) is 7.61. The highest BCUT2D eigenvalue weighted by Crippen LogP contribution is 2.27. The first-order valence-electron chi connectivity index (χ1n) is 5.86. The molecule has 0 unspecified atom stereocenters. The number of pyridine rings is 1. The van der Waals surface area contributed by atoms with Crippen LogP contribution in [0.4, 0.5) is 5.69 Å². The number of halogens is 2. The van der Waals surface area contributed by atoms with Crippen LogP contribution in [0.1, 0.15) is 5.76 Å². The Hall–Kier alpha value is -1.60. The molecule has 3 aromatic heterocycles. The number of anilines is 1. The van der Waals surface area contributed by atoms with E-state index in [0.29, 0.717) is 11.2 Å². The highest BCUT2D eigenvalue weighted by molar-refractivity contribution is 9.13. The Morgan fingerprint density at radius 2 is 2.15 bits per heavy atom. The third-order valence-electron chi connectivity index (χ3n) is 2.66. The van der Waals surface area contributed by atoms with E-state index < -0.39 is 0 Å². The second kappa shape index (κ2) is 5.80. The first kappa shape index (κ1) is 13.4. The highest BCUT2D eigenvalue weighted by Gasteiger charge is 2.09. The van der Waals surface area contributed by atoms with Crippen LogP contribution in [-0.2, 0) is 6.54 Å². The zero-order valence-electron chi connectivity index (χ0n) is 10.3. The second-order valence-electron chi connectivity index (χ2n) is 4.01. The number of nitrogens with zero attached hydrogens (tertiary/aromatic N) is 3. The van der Waals surface area contributed by atoms with Gasteiger partial charge < -0.3 is 9.73 Å². The predicted molar refractivity (Wildman–Crippen MR) is 82.8 cm³/mol. The zero-order valence-corrected chi connectivity index (χ0v) is 13.4. The molecule has 0 radical (unpaired) electrons. The van der Waals surface area contributed by atoms with Crippen LogP contribution in [0.5, 0.6) is 0 Å². The molecule has 0 saturated carbocycles. The summed E-state index contributed by atoms with van der Waals surface area (Å²) < 4.78 is 8.83. The Kier molecular flexibility index (Phi) is 3.88. The number of nitrogens with one attached hydrogen (secondary N) is 1. The predicted octanol–water partition coefficient (Wildman–Crippen LogP) is 4.00. The first-order valence-corrected chi connectivity index (χ1v) is 7.45. The summed E-state index contributed by atoms with van der Waals surface area (Å²) in [5.74, 6) is 1.57. The van der Waals surface area contributed by atoms with Crippen LogP contribution in [0, 0.1) is 0 Å². The van der Waals surface area contributed by atoms with Gasteiger partial charge in [0.25, 0.3) is 0 Å². The molecule has 102 valence electrons. The van der Waals surface area contributed by atoms with Gasteiger partial charge in [-0.25, -0.2) is 9.67 Å². The summed E-state index contributed by atoms with van der Waals surface area (Å²) >= 11 is 6.71. The lowest BCUT2D eigenvalue weighted by Crippen LogP contribution is -2.06. The molecule has 0 amide bonds. The van der Waals surface area contributed by atoms with Crippen molar-refractivity contribution in [3.63, 3.8) is 0 Å². The third-order valence-corrected chi connectivity index (χ3v) is 4.37. The lowest BCUT2D eigenvalue weighted by molar-refractivity contribution is 0.494. The van der Waals surface area contributed by atoms with Crippen LogP contribution < -0.4 is 5.32 Å². The minimum absolute atomic E-state index is 0.560. The zero-order chi connectivity index (χ0) is 13.9. The summed E-state index contributed by atoms with van der Waals surface area (Å²) in [6.45, 7) is 0.560. The molecule has 3 aromatic rings. The van der Waals surface area contributed by atoms with Crippen LogP contribution in [0.15, 0.2) is 56.4 Å². The Balaban J connectivity index is 1.81. The smallest absolute Gasteiger partial charge is 0.183 e. The highest BCUT2D eigenvalue weighted by atomic mass is 79.9. The molecule has 0 bridgehead atoms. The molecule has 7 heteroatoms. The van der Waals surface area contributed by atoms with Gasteiger partial charge in [0.1, 0.15) is 5.76 Å². The Bertz CT molecular complexity index is 689. The van der Waals surface area contributed by atoms with Crippen LogP contribution >= 0.6 is 31.9 Å². The van der Waals surface area contributed by atoms with Crippen molar-refractivity contribution in [2.75, 3.05) is 5.32 Å². The first-order chi connectivity index (χ1) is 9.74. The minimum atomic E-state index is 0.560. The number of hydrogen-bond acceptors (Lipinski definition) is 4. The van der Waals surface area contributed by atoms with Gasteiger partial charge in [-0.15, -0.1) is 0 Å². The summed E-state index contributed by atoms with van der Waals surface area (Å²) in [6.07, 6.45) is 5.31. The van der Waals surface area contributed by atoms with E-state index in [1.54, 1.807) is 17.1 Å². The molecule has 0 atom stereocenters. The molecule has 0 fully saturated rings. The molecule has 0 aromatic carbocycles. The molecule has 0 spiro atoms. The number of furan rings is 1. The Morgan fingerprint density at radius 3 is 2.85 bits per heavy atom. The average molecular weight is 398 g/mol. The van der Waals surface area contributed by atoms with Crippen molar-refractivity contribution < 1.29 is 4.42 Å². The quantitative estimate of drug-likeness (QED) is 0.722. The Labute approximate surface area is 132 Å². The fourth-order valence-electron chi connectivity index (χ4n) is 1.77. The fourth-order valence-corrected chi connectivity index (χ4v) is 2.43. The van der Waals surface area contributed by atoms with E-state index in [2.05, 4.69) is 47.3 Å². The number of aromatic nitrogens is 3. The van der Waals surface area contributed by atoms with Crippen LogP contribution in [-0.4, -0.2) is 14.8 Å². The van der Waals surface area contributed by atoms with Crippen LogP contribution in [0.2, 0.25) is 0 Å². The number of rotatable bonds is 4. The summed E-state index contributed by atoms with van der Waals surface area (Å²) in [7, 11) is 0. The maximum absolute atomic E-state index is 5.53. The van der Waals surface area contributed by atoms with Gasteiger partial charge >= 0.3 is 0 Å². The standard InChI is InChI=1S/C13H10Br2N4O/c14-10-7-9(20-12(10)15)8-17-11-3-1-4-16-13(11)19-6-2-5-18-19/h1-7,17H,8H2. The third kappa shape index (κ3) is 2.78. The molecule has 3 rings (SSSR count). The van der Waals surface area contributed by atoms with Gasteiger partial charge in [-0.2, -0.15) is 5.10 Å². The fraction of sp³-hybridized carbons (Fsp3) is 0.0769. The molecule has 0 aliphatic rings. The van der Waals surface area contributed by atoms with Gasteiger partial charge in [-0.1, -0.05) is 0 Å². The molecule has 1 N–H and O–H groups in total. The molecule has 20 heavy (non-hydrogen) atoms. The largest absolute Gasteiger partial charge is 0.451 e. The summed E-state index contributed by atoms with van der Waals surface area (Å²) in [4.78, 5) is 4.35. The van der Waals surface area contributed by atoms with E-state index in [1.165, 1.54) is 0 Å². The maximum Gasteiger partial charge on any atom is 0.183 e. The van der Waals surface area contributed by atoms with Crippen molar-refractivity contribution in [3.05, 3.63) is 57.8 Å². The maximum atomic E-state index is 5.53. The van der Waals surface area contributed by atoms with Crippen molar-refractivity contribution in [2.45, 2.75) is 6.54 Å². The van der Waals surface area contributed by atoms with Crippen LogP contribution in [0.3, 0.4) is 0 Å². The molecule has 0 aliphatic carbocycles. The van der Waals surface area contributed by atoms with E-state index in [1.807, 2.05) is 30.5 Å². The van der Waals surface area contributed by atoms with Crippen molar-refractivity contribution in [3.8, 4) is 5.82 Å². The van der Waals surface area contributed by atoms with E-state index in [4.69, 9.17) is 4.42 Å². The monoisotopic (exact) mass is 396 g/mol. The van der Waals surface area contributed by atoms with Gasteiger partial charge in [-0.3, -0.25) is 0 Å². The lowest BCUT2D eigenvalue weighted by Gasteiger charge is -2.09. The lowest BCUT2D eigenvalue weighted by atomic mass is 10.3. The van der Waals surface area contributed by atoms with E-state index in [0.717, 1.165) is 21.7 Å². The minimum Gasteiger partial charge on any atom is -0.451 e. The second-order valence-corrected chi connectivity index (χ2v) is 5.59. The van der Waals surface area contributed by atoms with Gasteiger partial charge in [0.05, 0.1) is 16.7 Å². The number of hydrogen-bond donors (Lipinski definition) is 1. The van der Waals surface area contributed by atoms with Gasteiger partial charge in [0.2, 0.25) is 0 Å². The van der Waals surface area contributed by atoms with E-state index >= 15 is 0 Å². The molecular formula is C13H10Br2N4O. The van der Waals surface area contributed by atoms with Crippen molar-refractivity contribution in [1.29, 1.82) is 0 Å². The molecule has 0 aliphatic heterocycles. The van der Waals surface area contributed by atoms with Crippen LogP contribution in [0.25, 0.3) is 5.82 Å². The van der Waals surface area contributed by atoms with Crippen molar-refractivity contribution in [2.24, 2.45) is 0 Å². The van der Waals surface area contributed by atoms with Gasteiger partial charge in [0, 0.05) is 18.6 Å². The summed E-state index contributed by atoms with van der Waals surface area (Å²) in [5.41, 5.74) is 0.889. The van der Waals surface area contributed by atoms with E-state index in [9.17, 15) is 0 Å². The molecule has 5 nitrogen and oxygen atoms in total. The topological polar surface area (TPSA) is 55.9 Å². The van der Waals surface area contributed by atoms with Crippen molar-refractivity contribution >= 4 is 37.5 Å². The normalized spacial score (nSPS) is 10.7. The molecular weight excluding hydrogens is 388 g/mol. The van der Waals surface area contributed by atoms with Gasteiger partial charge in [-0.05, 0) is 56.1 Å². The molecule has 0 saturated heterocycles. The van der Waals surface area contributed by atoms with Gasteiger partial charge in [0.15, 0.2) is 10.5 Å². The average Bonchev–Trinajstić information content (AvgIpc) is 3.08. The van der Waals surface area contributed by atoms with E-state index in [-0.39, 0.29) is 0 Å². The summed E-state index contributed by atoms with van der Waals surface area (Å²) in [5, 5.41) is 7.50.